The fourth-order valence-electron chi connectivity index (χ4n) is 6.94. The molecule has 5 heterocycles. The van der Waals surface area contributed by atoms with Crippen molar-refractivity contribution in [3.8, 4) is 6.07 Å². The standard InChI is InChI=1S/C33H40N6O7/c1-21-18-35-31-37-28(26-19-38(20-27(26)39(21)31)29(40)32(43-3)8-13-44-14-9-32)36-22(2)24-6-4-5-23(17-34)25(24)7-12-46-33(30(41)42)10-15-45-16-11-33/h4-6,18,22H,7-16,19-20H2,1-3H3,(H,41,42)(H,35,36,37)/t22-/m1/s1. The lowest BCUT2D eigenvalue weighted by Gasteiger charge is -2.37. The highest BCUT2D eigenvalue weighted by Gasteiger charge is 2.45. The number of hydrogen-bond acceptors (Lipinski definition) is 10. The number of carboxylic acids is 1. The van der Waals surface area contributed by atoms with Crippen LogP contribution in [0.5, 0.6) is 0 Å². The van der Waals surface area contributed by atoms with Gasteiger partial charge in [-0.2, -0.15) is 10.2 Å². The van der Waals surface area contributed by atoms with Crippen molar-refractivity contribution in [2.75, 3.05) is 45.5 Å². The number of carbonyl (C=O) groups excluding carboxylic acids is 1. The number of hydrogen-bond donors (Lipinski definition) is 2. The second-order valence-electron chi connectivity index (χ2n) is 12.3. The number of nitrogens with zero attached hydrogens (tertiary/aromatic N) is 5. The Bertz CT molecular complexity index is 1670. The van der Waals surface area contributed by atoms with Gasteiger partial charge in [0.25, 0.3) is 5.91 Å². The second kappa shape index (κ2) is 13.0. The summed E-state index contributed by atoms with van der Waals surface area (Å²) in [4.78, 5) is 37.3. The summed E-state index contributed by atoms with van der Waals surface area (Å²) < 4.78 is 24.7. The highest BCUT2D eigenvalue weighted by atomic mass is 16.5. The van der Waals surface area contributed by atoms with Gasteiger partial charge in [-0.15, -0.1) is 0 Å². The van der Waals surface area contributed by atoms with Crippen LogP contribution in [0.25, 0.3) is 5.78 Å². The predicted octanol–water partition coefficient (Wildman–Crippen LogP) is 3.31. The lowest BCUT2D eigenvalue weighted by atomic mass is 9.92. The summed E-state index contributed by atoms with van der Waals surface area (Å²) in [6, 6.07) is 7.55. The first kappa shape index (κ1) is 31.9. The maximum atomic E-state index is 13.9. The normalized spacial score (nSPS) is 19.4. The van der Waals surface area contributed by atoms with Crippen LogP contribution in [-0.4, -0.2) is 87.6 Å². The summed E-state index contributed by atoms with van der Waals surface area (Å²) in [6.45, 7) is 6.44. The SMILES string of the molecule is COC1(C(=O)N2Cc3c(N[C@H](C)c4cccc(C#N)c4CCOC4(C(=O)O)CCOCC4)nc4ncc(C)n4c3C2)CCOCC1. The van der Waals surface area contributed by atoms with Crippen molar-refractivity contribution in [3.05, 3.63) is 58.0 Å². The van der Waals surface area contributed by atoms with Gasteiger partial charge in [0, 0.05) is 70.5 Å². The minimum Gasteiger partial charge on any atom is -0.479 e. The molecular weight excluding hydrogens is 592 g/mol. The Kier molecular flexibility index (Phi) is 8.98. The van der Waals surface area contributed by atoms with E-state index in [0.717, 1.165) is 28.1 Å². The van der Waals surface area contributed by atoms with Crippen LogP contribution in [0.4, 0.5) is 5.82 Å². The van der Waals surface area contributed by atoms with Gasteiger partial charge in [0.05, 0.1) is 49.3 Å². The number of ether oxygens (including phenoxy) is 4. The van der Waals surface area contributed by atoms with E-state index in [2.05, 4.69) is 16.4 Å². The molecule has 0 aliphatic carbocycles. The topological polar surface area (TPSA) is 161 Å². The van der Waals surface area contributed by atoms with E-state index in [4.69, 9.17) is 23.9 Å². The zero-order valence-corrected chi connectivity index (χ0v) is 26.5. The van der Waals surface area contributed by atoms with Gasteiger partial charge in [0.1, 0.15) is 5.82 Å². The molecule has 6 rings (SSSR count). The summed E-state index contributed by atoms with van der Waals surface area (Å²) in [5.74, 6) is 0.0885. The van der Waals surface area contributed by atoms with Gasteiger partial charge < -0.3 is 34.3 Å². The molecule has 13 nitrogen and oxygen atoms in total. The Hall–Kier alpha value is -4.09. The van der Waals surface area contributed by atoms with Crippen LogP contribution in [0.2, 0.25) is 0 Å². The number of anilines is 1. The van der Waals surface area contributed by atoms with Gasteiger partial charge >= 0.3 is 5.97 Å². The lowest BCUT2D eigenvalue weighted by molar-refractivity contribution is -0.178. The molecule has 46 heavy (non-hydrogen) atoms. The van der Waals surface area contributed by atoms with Crippen molar-refractivity contribution in [2.24, 2.45) is 0 Å². The smallest absolute Gasteiger partial charge is 0.336 e. The van der Waals surface area contributed by atoms with E-state index in [1.807, 2.05) is 35.3 Å². The molecule has 2 N–H and O–H groups in total. The Balaban J connectivity index is 1.27. The number of nitriles is 1. The average molecular weight is 633 g/mol. The van der Waals surface area contributed by atoms with Crippen molar-refractivity contribution in [1.29, 1.82) is 5.26 Å². The van der Waals surface area contributed by atoms with Gasteiger partial charge in [0.2, 0.25) is 5.78 Å². The summed E-state index contributed by atoms with van der Waals surface area (Å²) in [7, 11) is 1.59. The van der Waals surface area contributed by atoms with Crippen molar-refractivity contribution in [1.82, 2.24) is 19.3 Å². The van der Waals surface area contributed by atoms with Gasteiger partial charge in [-0.3, -0.25) is 9.20 Å². The minimum atomic E-state index is -1.29. The number of amides is 1. The fourth-order valence-corrected chi connectivity index (χ4v) is 6.94. The number of carbonyl (C=O) groups is 2. The first-order valence-electron chi connectivity index (χ1n) is 15.7. The molecule has 3 aromatic rings. The van der Waals surface area contributed by atoms with E-state index in [9.17, 15) is 20.0 Å². The molecule has 0 radical (unpaired) electrons. The Morgan fingerprint density at radius 1 is 1.13 bits per heavy atom. The Morgan fingerprint density at radius 3 is 2.48 bits per heavy atom. The molecule has 0 unspecified atom stereocenters. The van der Waals surface area contributed by atoms with Crippen molar-refractivity contribution >= 4 is 23.5 Å². The monoisotopic (exact) mass is 632 g/mol. The number of aromatic nitrogens is 3. The molecule has 244 valence electrons. The molecule has 2 saturated heterocycles. The summed E-state index contributed by atoms with van der Waals surface area (Å²) in [5.41, 5.74) is 2.71. The molecule has 3 aliphatic rings. The van der Waals surface area contributed by atoms with Crippen LogP contribution in [0.3, 0.4) is 0 Å². The van der Waals surface area contributed by atoms with E-state index in [0.29, 0.717) is 75.9 Å². The average Bonchev–Trinajstić information content (AvgIpc) is 3.68. The first-order chi connectivity index (χ1) is 22.2. The number of carboxylic acid groups (broad SMARTS) is 1. The molecule has 0 bridgehead atoms. The number of aliphatic carboxylic acids is 1. The van der Waals surface area contributed by atoms with Crippen molar-refractivity contribution < 1.29 is 33.6 Å². The number of rotatable bonds is 10. The molecule has 13 heteroatoms. The van der Waals surface area contributed by atoms with E-state index in [1.165, 1.54) is 0 Å². The van der Waals surface area contributed by atoms with Gasteiger partial charge in [-0.05, 0) is 37.5 Å². The highest BCUT2D eigenvalue weighted by Crippen LogP contribution is 2.36. The quantitative estimate of drug-likeness (QED) is 0.337. The molecule has 1 atom stereocenters. The van der Waals surface area contributed by atoms with Crippen LogP contribution in [0, 0.1) is 18.3 Å². The molecule has 1 amide bonds. The first-order valence-corrected chi connectivity index (χ1v) is 15.7. The third-order valence-corrected chi connectivity index (χ3v) is 9.67. The number of nitrogens with one attached hydrogen (secondary N) is 1. The lowest BCUT2D eigenvalue weighted by Crippen LogP contribution is -2.51. The third kappa shape index (κ3) is 5.71. The molecule has 3 aliphatic heterocycles. The molecule has 0 saturated carbocycles. The van der Waals surface area contributed by atoms with E-state index in [-0.39, 0.29) is 31.4 Å². The van der Waals surface area contributed by atoms with Crippen molar-refractivity contribution in [3.63, 3.8) is 0 Å². The summed E-state index contributed by atoms with van der Waals surface area (Å²) in [6.07, 6.45) is 3.68. The number of fused-ring (bicyclic) bond motifs is 3. The number of aryl methyl sites for hydroxylation is 1. The van der Waals surface area contributed by atoms with Crippen LogP contribution >= 0.6 is 0 Å². The van der Waals surface area contributed by atoms with E-state index >= 15 is 0 Å². The highest BCUT2D eigenvalue weighted by molar-refractivity contribution is 5.86. The van der Waals surface area contributed by atoms with Crippen LogP contribution in [0.15, 0.2) is 24.4 Å². The maximum absolute atomic E-state index is 13.9. The molecule has 2 fully saturated rings. The molecule has 1 aromatic carbocycles. The number of benzene rings is 1. The molecule has 2 aromatic heterocycles. The van der Waals surface area contributed by atoms with Crippen molar-refractivity contribution in [2.45, 2.75) is 76.3 Å². The van der Waals surface area contributed by atoms with Crippen LogP contribution < -0.4 is 5.32 Å². The van der Waals surface area contributed by atoms with Gasteiger partial charge in [-0.1, -0.05) is 12.1 Å². The molecule has 0 spiro atoms. The maximum Gasteiger partial charge on any atom is 0.336 e. The zero-order valence-electron chi connectivity index (χ0n) is 26.5. The number of methoxy groups -OCH3 is 1. The number of imidazole rings is 1. The predicted molar refractivity (Wildman–Crippen MR) is 165 cm³/mol. The third-order valence-electron chi connectivity index (χ3n) is 9.67. The Labute approximate surface area is 267 Å². The summed E-state index contributed by atoms with van der Waals surface area (Å²) in [5, 5.41) is 23.5. The van der Waals surface area contributed by atoms with Crippen LogP contribution in [0.1, 0.15) is 72.3 Å². The second-order valence-corrected chi connectivity index (χ2v) is 12.3. The largest absolute Gasteiger partial charge is 0.479 e. The fraction of sp³-hybridized carbons (Fsp3) is 0.545. The van der Waals surface area contributed by atoms with Gasteiger partial charge in [-0.25, -0.2) is 9.78 Å². The van der Waals surface area contributed by atoms with Gasteiger partial charge in [0.15, 0.2) is 11.2 Å². The summed E-state index contributed by atoms with van der Waals surface area (Å²) >= 11 is 0. The van der Waals surface area contributed by atoms with Crippen LogP contribution in [-0.2, 0) is 48.0 Å². The van der Waals surface area contributed by atoms with E-state index < -0.39 is 17.2 Å². The van der Waals surface area contributed by atoms with E-state index in [1.54, 1.807) is 19.4 Å². The Morgan fingerprint density at radius 2 is 1.83 bits per heavy atom. The molecular formula is C33H40N6O7. The minimum absolute atomic E-state index is 0.0629. The zero-order chi connectivity index (χ0) is 32.5.